The molecule has 1 N–H and O–H groups in total. The summed E-state index contributed by atoms with van der Waals surface area (Å²) in [5, 5.41) is 9.97. The smallest absolute Gasteiger partial charge is 0.190 e. The Morgan fingerprint density at radius 1 is 1.25 bits per heavy atom. The molecule has 1 aromatic carbocycles. The van der Waals surface area contributed by atoms with Crippen molar-refractivity contribution in [2.75, 3.05) is 39.5 Å². The lowest BCUT2D eigenvalue weighted by Crippen LogP contribution is -2.40. The quantitative estimate of drug-likeness (QED) is 0.671. The maximum absolute atomic E-state index is 13.6. The molecule has 7 heteroatoms. The number of piperidine rings is 1. The van der Waals surface area contributed by atoms with Crippen molar-refractivity contribution in [1.82, 2.24) is 4.90 Å². The van der Waals surface area contributed by atoms with Crippen molar-refractivity contribution in [1.29, 1.82) is 0 Å². The summed E-state index contributed by atoms with van der Waals surface area (Å²) in [6.45, 7) is 5.19. The molecule has 0 amide bonds. The zero-order chi connectivity index (χ0) is 17.5. The first-order valence-corrected chi connectivity index (χ1v) is 9.00. The average Bonchev–Trinajstić information content (AvgIpc) is 2.51. The van der Waals surface area contributed by atoms with Gasteiger partial charge in [-0.25, -0.2) is 8.78 Å². The molecule has 0 unspecified atom stereocenters. The number of aliphatic hydroxyl groups is 1. The molecule has 0 bridgehead atoms. The number of hydrogen-bond acceptors (Lipinski definition) is 4. The van der Waals surface area contributed by atoms with E-state index in [2.05, 4.69) is 27.8 Å². The molecule has 0 saturated carbocycles. The van der Waals surface area contributed by atoms with Gasteiger partial charge in [-0.15, -0.1) is 0 Å². The number of aliphatic hydroxyl groups excluding tert-OH is 1. The Labute approximate surface area is 149 Å². The number of likely N-dealkylation sites (tertiary alicyclic amines) is 1. The maximum atomic E-state index is 13.6. The van der Waals surface area contributed by atoms with Crippen LogP contribution in [0.15, 0.2) is 16.6 Å². The van der Waals surface area contributed by atoms with Gasteiger partial charge in [0.05, 0.1) is 19.3 Å². The number of halogens is 3. The van der Waals surface area contributed by atoms with Crippen LogP contribution in [0.25, 0.3) is 0 Å². The van der Waals surface area contributed by atoms with Gasteiger partial charge in [-0.1, -0.05) is 22.9 Å². The van der Waals surface area contributed by atoms with Gasteiger partial charge in [0.2, 0.25) is 0 Å². The lowest BCUT2D eigenvalue weighted by atomic mass is 9.99. The molecular formula is C17H24BrF2NO3. The predicted octanol–water partition coefficient (Wildman–Crippen LogP) is 3.22. The molecule has 0 aliphatic carbocycles. The Kier molecular flexibility index (Phi) is 7.87. The summed E-state index contributed by atoms with van der Waals surface area (Å²) in [6, 6.07) is 2.28. The fraction of sp³-hybridized carbons (Fsp3) is 0.647. The molecule has 0 spiro atoms. The van der Waals surface area contributed by atoms with Crippen LogP contribution < -0.4 is 4.74 Å². The number of benzene rings is 1. The van der Waals surface area contributed by atoms with Gasteiger partial charge >= 0.3 is 0 Å². The second kappa shape index (κ2) is 9.65. The normalized spacial score (nSPS) is 17.9. The monoisotopic (exact) mass is 407 g/mol. The molecule has 24 heavy (non-hydrogen) atoms. The SMILES string of the molecule is CC1CCN(C[C@H](O)COCCOc2c(F)cc(Br)cc2F)CC1. The van der Waals surface area contributed by atoms with Crippen LogP contribution in [0.3, 0.4) is 0 Å². The van der Waals surface area contributed by atoms with E-state index in [1.165, 1.54) is 0 Å². The van der Waals surface area contributed by atoms with E-state index in [0.29, 0.717) is 11.0 Å². The summed E-state index contributed by atoms with van der Waals surface area (Å²) < 4.78 is 37.8. The summed E-state index contributed by atoms with van der Waals surface area (Å²) in [4.78, 5) is 2.23. The van der Waals surface area contributed by atoms with E-state index in [-0.39, 0.29) is 19.8 Å². The minimum atomic E-state index is -0.763. The lowest BCUT2D eigenvalue weighted by Gasteiger charge is -2.31. The van der Waals surface area contributed by atoms with Gasteiger partial charge in [-0.3, -0.25) is 0 Å². The molecule has 1 aliphatic heterocycles. The second-order valence-electron chi connectivity index (χ2n) is 6.26. The first-order valence-electron chi connectivity index (χ1n) is 8.21. The molecule has 4 nitrogen and oxygen atoms in total. The number of β-amino-alcohol motifs (C(OH)–C–C–N with tert-alkyl or cyclic N) is 1. The van der Waals surface area contributed by atoms with Crippen LogP contribution in [-0.2, 0) is 4.74 Å². The van der Waals surface area contributed by atoms with Gasteiger partial charge in [0, 0.05) is 11.0 Å². The van der Waals surface area contributed by atoms with Crippen LogP contribution in [0.2, 0.25) is 0 Å². The Morgan fingerprint density at radius 3 is 2.50 bits per heavy atom. The van der Waals surface area contributed by atoms with E-state index >= 15 is 0 Å². The van der Waals surface area contributed by atoms with Gasteiger partial charge in [-0.2, -0.15) is 0 Å². The van der Waals surface area contributed by atoms with Crippen LogP contribution in [0, 0.1) is 17.6 Å². The van der Waals surface area contributed by atoms with E-state index in [1.54, 1.807) is 0 Å². The molecule has 1 aromatic rings. The van der Waals surface area contributed by atoms with Gasteiger partial charge in [0.25, 0.3) is 0 Å². The molecule has 1 saturated heterocycles. The summed E-state index contributed by atoms with van der Waals surface area (Å²) in [5.41, 5.74) is 0. The molecule has 0 aromatic heterocycles. The third-order valence-corrected chi connectivity index (χ3v) is 4.55. The van der Waals surface area contributed by atoms with E-state index in [1.807, 2.05) is 0 Å². The molecule has 1 atom stereocenters. The van der Waals surface area contributed by atoms with E-state index in [0.717, 1.165) is 44.0 Å². The number of rotatable bonds is 8. The van der Waals surface area contributed by atoms with E-state index < -0.39 is 23.5 Å². The molecule has 2 rings (SSSR count). The third-order valence-electron chi connectivity index (χ3n) is 4.09. The third kappa shape index (κ3) is 6.27. The highest BCUT2D eigenvalue weighted by molar-refractivity contribution is 9.10. The Morgan fingerprint density at radius 2 is 1.88 bits per heavy atom. The highest BCUT2D eigenvalue weighted by Gasteiger charge is 2.18. The van der Waals surface area contributed by atoms with Crippen molar-refractivity contribution < 1.29 is 23.4 Å². The van der Waals surface area contributed by atoms with Crippen molar-refractivity contribution in [3.8, 4) is 5.75 Å². The van der Waals surface area contributed by atoms with Gasteiger partial charge in [0.15, 0.2) is 17.4 Å². The van der Waals surface area contributed by atoms with Gasteiger partial charge in [0.1, 0.15) is 6.61 Å². The van der Waals surface area contributed by atoms with Crippen molar-refractivity contribution >= 4 is 15.9 Å². The molecular weight excluding hydrogens is 384 g/mol. The van der Waals surface area contributed by atoms with Crippen molar-refractivity contribution in [3.05, 3.63) is 28.2 Å². The zero-order valence-corrected chi connectivity index (χ0v) is 15.4. The van der Waals surface area contributed by atoms with Crippen LogP contribution in [-0.4, -0.2) is 55.6 Å². The first-order chi connectivity index (χ1) is 11.5. The second-order valence-corrected chi connectivity index (χ2v) is 7.17. The minimum absolute atomic E-state index is 0.0173. The van der Waals surface area contributed by atoms with Crippen LogP contribution in [0.4, 0.5) is 8.78 Å². The largest absolute Gasteiger partial charge is 0.485 e. The Hall–Kier alpha value is -0.760. The Bertz CT molecular complexity index is 502. The van der Waals surface area contributed by atoms with Crippen LogP contribution >= 0.6 is 15.9 Å². The minimum Gasteiger partial charge on any atom is -0.485 e. The van der Waals surface area contributed by atoms with E-state index in [9.17, 15) is 13.9 Å². The van der Waals surface area contributed by atoms with E-state index in [4.69, 9.17) is 9.47 Å². The van der Waals surface area contributed by atoms with Crippen molar-refractivity contribution in [3.63, 3.8) is 0 Å². The van der Waals surface area contributed by atoms with Crippen LogP contribution in [0.1, 0.15) is 19.8 Å². The fourth-order valence-corrected chi connectivity index (χ4v) is 3.09. The topological polar surface area (TPSA) is 41.9 Å². The first kappa shape index (κ1) is 19.6. The molecule has 0 radical (unpaired) electrons. The standard InChI is InChI=1S/C17H24BrF2NO3/c1-12-2-4-21(5-3-12)10-14(22)11-23-6-7-24-17-15(19)8-13(18)9-16(17)20/h8-9,12,14,22H,2-7,10-11H2,1H3/t14-/m0/s1. The number of ether oxygens (including phenoxy) is 2. The number of hydrogen-bond donors (Lipinski definition) is 1. The maximum Gasteiger partial charge on any atom is 0.190 e. The lowest BCUT2D eigenvalue weighted by molar-refractivity contribution is 0.00276. The molecule has 1 heterocycles. The van der Waals surface area contributed by atoms with Gasteiger partial charge in [-0.05, 0) is 44.0 Å². The zero-order valence-electron chi connectivity index (χ0n) is 13.8. The molecule has 136 valence electrons. The van der Waals surface area contributed by atoms with Gasteiger partial charge < -0.3 is 19.5 Å². The highest BCUT2D eigenvalue weighted by Crippen LogP contribution is 2.25. The fourth-order valence-electron chi connectivity index (χ4n) is 2.68. The summed E-state index contributed by atoms with van der Waals surface area (Å²) in [5.74, 6) is -1.18. The summed E-state index contributed by atoms with van der Waals surface area (Å²) in [7, 11) is 0. The van der Waals surface area contributed by atoms with Crippen molar-refractivity contribution in [2.45, 2.75) is 25.9 Å². The predicted molar refractivity (Wildman–Crippen MR) is 91.2 cm³/mol. The molecule has 1 aliphatic rings. The highest BCUT2D eigenvalue weighted by atomic mass is 79.9. The Balaban J connectivity index is 1.61. The van der Waals surface area contributed by atoms with Crippen molar-refractivity contribution in [2.24, 2.45) is 5.92 Å². The number of nitrogens with zero attached hydrogens (tertiary/aromatic N) is 1. The van der Waals surface area contributed by atoms with Crippen LogP contribution in [0.5, 0.6) is 5.75 Å². The summed E-state index contributed by atoms with van der Waals surface area (Å²) >= 11 is 3.01. The average molecular weight is 408 g/mol. The molecule has 1 fully saturated rings. The summed E-state index contributed by atoms with van der Waals surface area (Å²) in [6.07, 6.45) is 1.75.